The minimum absolute atomic E-state index is 0.549. The van der Waals surface area contributed by atoms with Crippen molar-refractivity contribution < 1.29 is 9.53 Å². The van der Waals surface area contributed by atoms with Crippen LogP contribution in [0.3, 0.4) is 0 Å². The Labute approximate surface area is 106 Å². The third kappa shape index (κ3) is 4.11. The Morgan fingerprint density at radius 1 is 1.59 bits per heavy atom. The van der Waals surface area contributed by atoms with Gasteiger partial charge in [-0.15, -0.1) is 0 Å². The third-order valence-electron chi connectivity index (χ3n) is 2.29. The van der Waals surface area contributed by atoms with Crippen molar-refractivity contribution in [1.29, 1.82) is 0 Å². The highest BCUT2D eigenvalue weighted by Gasteiger charge is 2.22. The minimum Gasteiger partial charge on any atom is -0.443 e. The fourth-order valence-electron chi connectivity index (χ4n) is 1.65. The summed E-state index contributed by atoms with van der Waals surface area (Å²) in [6.07, 6.45) is 1.47. The van der Waals surface area contributed by atoms with Crippen LogP contribution in [-0.4, -0.2) is 11.7 Å². The maximum absolute atomic E-state index is 10.7. The van der Waals surface area contributed by atoms with E-state index in [1.807, 2.05) is 18.2 Å². The largest absolute Gasteiger partial charge is 0.443 e. The maximum atomic E-state index is 10.7. The lowest BCUT2D eigenvalue weighted by Crippen LogP contribution is -2.33. The van der Waals surface area contributed by atoms with Crippen LogP contribution in [0.25, 0.3) is 6.08 Å². The third-order valence-corrected chi connectivity index (χ3v) is 2.62. The summed E-state index contributed by atoms with van der Waals surface area (Å²) >= 11 is 6.06. The molecule has 1 aromatic carbocycles. The van der Waals surface area contributed by atoms with Crippen molar-refractivity contribution in [3.05, 3.63) is 40.9 Å². The van der Waals surface area contributed by atoms with Crippen molar-refractivity contribution in [1.82, 2.24) is 0 Å². The first kappa shape index (κ1) is 13.6. The van der Waals surface area contributed by atoms with E-state index < -0.39 is 11.7 Å². The van der Waals surface area contributed by atoms with Crippen molar-refractivity contribution >= 4 is 23.8 Å². The Morgan fingerprint density at radius 2 is 2.24 bits per heavy atom. The van der Waals surface area contributed by atoms with Crippen LogP contribution in [-0.2, 0) is 11.2 Å². The lowest BCUT2D eigenvalue weighted by molar-refractivity contribution is 0.0460. The number of carbonyl (C=O) groups is 1. The molecule has 0 aromatic heterocycles. The number of rotatable bonds is 4. The van der Waals surface area contributed by atoms with Crippen LogP contribution in [0.1, 0.15) is 25.0 Å². The van der Waals surface area contributed by atoms with Crippen molar-refractivity contribution in [3.63, 3.8) is 0 Å². The number of primary amides is 1. The zero-order chi connectivity index (χ0) is 13.1. The van der Waals surface area contributed by atoms with Crippen LogP contribution >= 0.6 is 11.6 Å². The Balaban J connectivity index is 2.85. The van der Waals surface area contributed by atoms with Gasteiger partial charge >= 0.3 is 6.09 Å². The summed E-state index contributed by atoms with van der Waals surface area (Å²) < 4.78 is 5.01. The molecule has 92 valence electrons. The first-order chi connectivity index (χ1) is 7.84. The lowest BCUT2D eigenvalue weighted by Gasteiger charge is -2.24. The van der Waals surface area contributed by atoms with Gasteiger partial charge in [0.05, 0.1) is 0 Å². The second-order valence-electron chi connectivity index (χ2n) is 4.42. The Morgan fingerprint density at radius 3 is 2.71 bits per heavy atom. The highest BCUT2D eigenvalue weighted by Crippen LogP contribution is 2.23. The Bertz CT molecular complexity index is 441. The van der Waals surface area contributed by atoms with Gasteiger partial charge < -0.3 is 10.5 Å². The Kier molecular flexibility index (Phi) is 4.18. The summed E-state index contributed by atoms with van der Waals surface area (Å²) in [6.45, 7) is 7.26. The van der Waals surface area contributed by atoms with Gasteiger partial charge in [-0.25, -0.2) is 4.79 Å². The molecule has 17 heavy (non-hydrogen) atoms. The Hall–Kier alpha value is -1.48. The smallest absolute Gasteiger partial charge is 0.405 e. The number of hydrogen-bond acceptors (Lipinski definition) is 2. The van der Waals surface area contributed by atoms with Crippen LogP contribution in [0.4, 0.5) is 4.79 Å². The van der Waals surface area contributed by atoms with Crippen LogP contribution in [0, 0.1) is 0 Å². The van der Waals surface area contributed by atoms with Gasteiger partial charge in [0.25, 0.3) is 0 Å². The predicted octanol–water partition coefficient (Wildman–Crippen LogP) is 3.40. The molecule has 1 amide bonds. The zero-order valence-corrected chi connectivity index (χ0v) is 10.8. The average molecular weight is 254 g/mol. The SMILES string of the molecule is C=Cc1ccc(CC(C)(C)OC(N)=O)cc1Cl. The monoisotopic (exact) mass is 253 g/mol. The number of benzene rings is 1. The summed E-state index contributed by atoms with van der Waals surface area (Å²) in [7, 11) is 0. The molecule has 0 aliphatic carbocycles. The van der Waals surface area contributed by atoms with E-state index >= 15 is 0 Å². The van der Waals surface area contributed by atoms with Gasteiger partial charge in [-0.2, -0.15) is 0 Å². The van der Waals surface area contributed by atoms with E-state index in [-0.39, 0.29) is 0 Å². The molecule has 0 aliphatic heterocycles. The van der Waals surface area contributed by atoms with Gasteiger partial charge in [0.1, 0.15) is 5.60 Å². The quantitative estimate of drug-likeness (QED) is 0.894. The molecule has 0 saturated heterocycles. The number of carbonyl (C=O) groups excluding carboxylic acids is 1. The number of nitrogens with two attached hydrogens (primary N) is 1. The summed E-state index contributed by atoms with van der Waals surface area (Å²) in [6, 6.07) is 5.64. The molecule has 0 unspecified atom stereocenters. The second-order valence-corrected chi connectivity index (χ2v) is 4.82. The van der Waals surface area contributed by atoms with Gasteiger partial charge in [-0.1, -0.05) is 36.4 Å². The molecule has 0 spiro atoms. The second kappa shape index (κ2) is 5.23. The van der Waals surface area contributed by atoms with E-state index in [9.17, 15) is 4.79 Å². The minimum atomic E-state index is -0.774. The first-order valence-electron chi connectivity index (χ1n) is 5.23. The van der Waals surface area contributed by atoms with Gasteiger partial charge in [-0.3, -0.25) is 0 Å². The van der Waals surface area contributed by atoms with E-state index in [1.165, 1.54) is 0 Å². The number of halogens is 1. The summed E-state index contributed by atoms with van der Waals surface area (Å²) in [4.78, 5) is 10.7. The van der Waals surface area contributed by atoms with Crippen LogP contribution in [0.2, 0.25) is 5.02 Å². The van der Waals surface area contributed by atoms with Gasteiger partial charge in [0.15, 0.2) is 0 Å². The van der Waals surface area contributed by atoms with Crippen LogP contribution in [0.15, 0.2) is 24.8 Å². The number of amides is 1. The predicted molar refractivity (Wildman–Crippen MR) is 70.0 cm³/mol. The molecule has 2 N–H and O–H groups in total. The van der Waals surface area contributed by atoms with Crippen molar-refractivity contribution in [2.45, 2.75) is 25.9 Å². The normalized spacial score (nSPS) is 11.0. The van der Waals surface area contributed by atoms with E-state index in [4.69, 9.17) is 22.1 Å². The molecule has 0 saturated carbocycles. The highest BCUT2D eigenvalue weighted by atomic mass is 35.5. The van der Waals surface area contributed by atoms with Crippen LogP contribution in [0.5, 0.6) is 0 Å². The fourth-order valence-corrected chi connectivity index (χ4v) is 1.93. The molecule has 0 bridgehead atoms. The highest BCUT2D eigenvalue weighted by molar-refractivity contribution is 6.32. The lowest BCUT2D eigenvalue weighted by atomic mass is 9.97. The van der Waals surface area contributed by atoms with E-state index in [0.717, 1.165) is 11.1 Å². The molecule has 0 atom stereocenters. The summed E-state index contributed by atoms with van der Waals surface area (Å²) in [5.41, 5.74) is 6.22. The number of hydrogen-bond donors (Lipinski definition) is 1. The molecular weight excluding hydrogens is 238 g/mol. The molecule has 1 aromatic rings. The summed E-state index contributed by atoms with van der Waals surface area (Å²) in [5, 5.41) is 0.632. The molecule has 3 nitrogen and oxygen atoms in total. The van der Waals surface area contributed by atoms with E-state index in [2.05, 4.69) is 6.58 Å². The molecule has 0 radical (unpaired) electrons. The van der Waals surface area contributed by atoms with Crippen molar-refractivity contribution in [2.24, 2.45) is 5.73 Å². The molecule has 0 heterocycles. The number of ether oxygens (including phenoxy) is 1. The zero-order valence-electron chi connectivity index (χ0n) is 10.00. The fraction of sp³-hybridized carbons (Fsp3) is 0.308. The van der Waals surface area contributed by atoms with Gasteiger partial charge in [-0.05, 0) is 31.0 Å². The maximum Gasteiger partial charge on any atom is 0.405 e. The molecule has 1 rings (SSSR count). The first-order valence-corrected chi connectivity index (χ1v) is 5.61. The molecule has 0 fully saturated rings. The van der Waals surface area contributed by atoms with Crippen molar-refractivity contribution in [3.8, 4) is 0 Å². The molecule has 0 aliphatic rings. The topological polar surface area (TPSA) is 52.3 Å². The van der Waals surface area contributed by atoms with Crippen LogP contribution < -0.4 is 5.73 Å². The summed E-state index contributed by atoms with van der Waals surface area (Å²) in [5.74, 6) is 0. The average Bonchev–Trinajstić information content (AvgIpc) is 2.14. The van der Waals surface area contributed by atoms with Gasteiger partial charge in [0.2, 0.25) is 0 Å². The molecule has 4 heteroatoms. The molecular formula is C13H16ClNO2. The van der Waals surface area contributed by atoms with E-state index in [0.29, 0.717) is 11.4 Å². The van der Waals surface area contributed by atoms with E-state index in [1.54, 1.807) is 19.9 Å². The van der Waals surface area contributed by atoms with Gasteiger partial charge in [0, 0.05) is 11.4 Å². The van der Waals surface area contributed by atoms with Crippen molar-refractivity contribution in [2.75, 3.05) is 0 Å². The standard InChI is InChI=1S/C13H16ClNO2/c1-4-10-6-5-9(7-11(10)14)8-13(2,3)17-12(15)16/h4-7H,1,8H2,2-3H3,(H2,15,16).